The van der Waals surface area contributed by atoms with Crippen LogP contribution in [0.3, 0.4) is 0 Å². The Morgan fingerprint density at radius 3 is 2.68 bits per heavy atom. The van der Waals surface area contributed by atoms with Gasteiger partial charge in [0.25, 0.3) is 5.91 Å². The Morgan fingerprint density at radius 1 is 1.32 bits per heavy atom. The monoisotopic (exact) mass is 428 g/mol. The van der Waals surface area contributed by atoms with Crippen LogP contribution in [0.15, 0.2) is 23.8 Å². The predicted molar refractivity (Wildman–Crippen MR) is 116 cm³/mol. The van der Waals surface area contributed by atoms with E-state index in [1.165, 1.54) is 0 Å². The zero-order chi connectivity index (χ0) is 22.5. The number of hydrogen-bond acceptors (Lipinski definition) is 7. The van der Waals surface area contributed by atoms with Crippen LogP contribution in [-0.4, -0.2) is 60.2 Å². The molecular formula is C22H28N4O5. The van der Waals surface area contributed by atoms with Crippen molar-refractivity contribution in [1.29, 1.82) is 0 Å². The molecule has 4 rings (SSSR count). The van der Waals surface area contributed by atoms with Gasteiger partial charge in [-0.3, -0.25) is 4.79 Å². The van der Waals surface area contributed by atoms with Crippen LogP contribution in [0.1, 0.15) is 40.2 Å². The average Bonchev–Trinajstić information content (AvgIpc) is 2.64. The maximum Gasteiger partial charge on any atom is 0.410 e. The summed E-state index contributed by atoms with van der Waals surface area (Å²) in [6.45, 7) is 14.4. The Bertz CT molecular complexity index is 975. The molecule has 9 nitrogen and oxygen atoms in total. The third kappa shape index (κ3) is 4.04. The van der Waals surface area contributed by atoms with Gasteiger partial charge in [0.2, 0.25) is 0 Å². The van der Waals surface area contributed by atoms with Gasteiger partial charge >= 0.3 is 6.09 Å². The van der Waals surface area contributed by atoms with E-state index in [2.05, 4.69) is 17.1 Å². The number of nitrogens with zero attached hydrogens (tertiary/aromatic N) is 3. The van der Waals surface area contributed by atoms with Gasteiger partial charge in [0.05, 0.1) is 18.8 Å². The zero-order valence-corrected chi connectivity index (χ0v) is 18.5. The first-order chi connectivity index (χ1) is 14.5. The first kappa shape index (κ1) is 21.0. The van der Waals surface area contributed by atoms with Crippen LogP contribution in [0, 0.1) is 0 Å². The summed E-state index contributed by atoms with van der Waals surface area (Å²) in [5.74, 6) is 1.72. The molecule has 0 radical (unpaired) electrons. The van der Waals surface area contributed by atoms with Gasteiger partial charge in [-0.05, 0) is 46.3 Å². The molecule has 0 saturated carbocycles. The Labute approximate surface area is 181 Å². The molecule has 0 aromatic heterocycles. The summed E-state index contributed by atoms with van der Waals surface area (Å²) in [6, 6.07) is 3.32. The normalized spacial score (nSPS) is 20.5. The van der Waals surface area contributed by atoms with Gasteiger partial charge in [-0.25, -0.2) is 10.2 Å². The van der Waals surface area contributed by atoms with E-state index in [9.17, 15) is 9.59 Å². The van der Waals surface area contributed by atoms with Gasteiger partial charge in [-0.2, -0.15) is 5.10 Å². The molecule has 2 amide bonds. The molecular weight excluding hydrogens is 400 g/mol. The highest BCUT2D eigenvalue weighted by Gasteiger charge is 2.38. The molecule has 166 valence electrons. The number of allylic oxidation sites excluding steroid dienone is 1. The van der Waals surface area contributed by atoms with Crippen molar-refractivity contribution < 1.29 is 23.8 Å². The highest BCUT2D eigenvalue weighted by atomic mass is 16.6. The number of amides is 2. The van der Waals surface area contributed by atoms with Crippen molar-refractivity contribution in [3.8, 4) is 11.5 Å². The minimum absolute atomic E-state index is 0.164. The van der Waals surface area contributed by atoms with Crippen LogP contribution in [0.25, 0.3) is 5.57 Å². The molecule has 0 aliphatic carbocycles. The summed E-state index contributed by atoms with van der Waals surface area (Å²) in [7, 11) is 0. The minimum atomic E-state index is -0.536. The largest absolute Gasteiger partial charge is 0.486 e. The van der Waals surface area contributed by atoms with Crippen LogP contribution in [-0.2, 0) is 9.53 Å². The van der Waals surface area contributed by atoms with Gasteiger partial charge in [0.15, 0.2) is 5.84 Å². The summed E-state index contributed by atoms with van der Waals surface area (Å²) in [6.07, 6.45) is -0.510. The molecule has 3 aliphatic rings. The van der Waals surface area contributed by atoms with E-state index in [1.54, 1.807) is 4.90 Å². The topological polar surface area (TPSA) is 92.7 Å². The number of ether oxygens (including phenoxy) is 3. The molecule has 3 aliphatic heterocycles. The quantitative estimate of drug-likeness (QED) is 0.796. The summed E-state index contributed by atoms with van der Waals surface area (Å²) in [4.78, 5) is 27.8. The van der Waals surface area contributed by atoms with Crippen LogP contribution in [0.5, 0.6) is 11.5 Å². The Balaban J connectivity index is 1.56. The fourth-order valence-electron chi connectivity index (χ4n) is 3.65. The van der Waals surface area contributed by atoms with Crippen molar-refractivity contribution >= 4 is 29.1 Å². The molecule has 9 heteroatoms. The van der Waals surface area contributed by atoms with Crippen LogP contribution in [0.2, 0.25) is 0 Å². The number of fused-ring (bicyclic) bond motifs is 3. The molecule has 1 aromatic carbocycles. The fraction of sp³-hybridized carbons (Fsp3) is 0.500. The van der Waals surface area contributed by atoms with Gasteiger partial charge in [0, 0.05) is 11.6 Å². The Morgan fingerprint density at radius 2 is 2.03 bits per heavy atom. The number of rotatable bonds is 3. The van der Waals surface area contributed by atoms with E-state index in [4.69, 9.17) is 14.2 Å². The van der Waals surface area contributed by atoms with Gasteiger partial charge in [0.1, 0.15) is 35.9 Å². The lowest BCUT2D eigenvalue weighted by Crippen LogP contribution is -2.57. The number of carbonyl (C=O) groups excluding carboxylic acids is 2. The second-order valence-corrected chi connectivity index (χ2v) is 9.06. The third-order valence-corrected chi connectivity index (χ3v) is 5.27. The molecule has 1 saturated heterocycles. The number of anilines is 1. The Hall–Kier alpha value is -3.23. The van der Waals surface area contributed by atoms with Crippen LogP contribution < -0.4 is 19.8 Å². The SMILES string of the molecule is C=C(C)c1cc2c(cc1OC1CN(C(=O)OC(C)(C)C)C1)N1C(=NNC(=O)C1C)CO2. The summed E-state index contributed by atoms with van der Waals surface area (Å²) in [5.41, 5.74) is 4.35. The third-order valence-electron chi connectivity index (χ3n) is 5.27. The predicted octanol–water partition coefficient (Wildman–Crippen LogP) is 2.75. The maximum atomic E-state index is 12.2. The molecule has 31 heavy (non-hydrogen) atoms. The number of amidine groups is 1. The van der Waals surface area contributed by atoms with E-state index in [0.29, 0.717) is 30.4 Å². The van der Waals surface area contributed by atoms with E-state index < -0.39 is 11.6 Å². The van der Waals surface area contributed by atoms with Crippen molar-refractivity contribution in [3.63, 3.8) is 0 Å². The Kier molecular flexibility index (Phi) is 5.07. The first-order valence-corrected chi connectivity index (χ1v) is 10.3. The van der Waals surface area contributed by atoms with Crippen molar-refractivity contribution in [2.45, 2.75) is 52.4 Å². The van der Waals surface area contributed by atoms with E-state index in [0.717, 1.165) is 16.8 Å². The van der Waals surface area contributed by atoms with Crippen molar-refractivity contribution in [2.75, 3.05) is 24.6 Å². The molecule has 3 heterocycles. The van der Waals surface area contributed by atoms with Gasteiger partial charge in [-0.15, -0.1) is 0 Å². The lowest BCUT2D eigenvalue weighted by molar-refractivity contribution is -0.122. The van der Waals surface area contributed by atoms with Crippen LogP contribution in [0.4, 0.5) is 10.5 Å². The number of nitrogens with one attached hydrogen (secondary N) is 1. The van der Waals surface area contributed by atoms with Gasteiger partial charge in [-0.1, -0.05) is 6.58 Å². The van der Waals surface area contributed by atoms with E-state index in [1.807, 2.05) is 51.7 Å². The average molecular weight is 428 g/mol. The zero-order valence-electron chi connectivity index (χ0n) is 18.5. The standard InChI is InChI=1S/C22H28N4O5/c1-12(2)15-7-18-16(26-13(3)20(27)24-23-19(26)11-29-18)8-17(15)30-14-9-25(10-14)21(28)31-22(4,5)6/h7-8,13-14H,1,9-11H2,2-6H3,(H,24,27). The molecule has 0 spiro atoms. The molecule has 1 N–H and O–H groups in total. The lowest BCUT2D eigenvalue weighted by atomic mass is 10.0. The summed E-state index contributed by atoms with van der Waals surface area (Å²) >= 11 is 0. The number of hydrazone groups is 1. The number of carbonyl (C=O) groups is 2. The fourth-order valence-corrected chi connectivity index (χ4v) is 3.65. The second-order valence-electron chi connectivity index (χ2n) is 9.06. The molecule has 1 fully saturated rings. The second kappa shape index (κ2) is 7.47. The van der Waals surface area contributed by atoms with Crippen molar-refractivity contribution in [3.05, 3.63) is 24.3 Å². The summed E-state index contributed by atoms with van der Waals surface area (Å²) < 4.78 is 17.5. The molecule has 1 aromatic rings. The number of benzene rings is 1. The highest BCUT2D eigenvalue weighted by Crippen LogP contribution is 2.42. The molecule has 0 bridgehead atoms. The van der Waals surface area contributed by atoms with E-state index in [-0.39, 0.29) is 24.7 Å². The van der Waals surface area contributed by atoms with Gasteiger partial charge < -0.3 is 24.0 Å². The maximum absolute atomic E-state index is 12.2. The van der Waals surface area contributed by atoms with Crippen molar-refractivity contribution in [2.24, 2.45) is 5.10 Å². The highest BCUT2D eigenvalue weighted by molar-refractivity contribution is 6.09. The number of hydrogen-bond donors (Lipinski definition) is 1. The van der Waals surface area contributed by atoms with E-state index >= 15 is 0 Å². The van der Waals surface area contributed by atoms with Crippen LogP contribution >= 0.6 is 0 Å². The first-order valence-electron chi connectivity index (χ1n) is 10.3. The minimum Gasteiger partial charge on any atom is -0.486 e. The smallest absolute Gasteiger partial charge is 0.410 e. The molecule has 1 atom stereocenters. The lowest BCUT2D eigenvalue weighted by Gasteiger charge is -2.41. The molecule has 1 unspecified atom stereocenters. The van der Waals surface area contributed by atoms with Crippen molar-refractivity contribution in [1.82, 2.24) is 10.3 Å². The number of likely N-dealkylation sites (tertiary alicyclic amines) is 1. The summed E-state index contributed by atoms with van der Waals surface area (Å²) in [5, 5.41) is 4.12.